The van der Waals surface area contributed by atoms with Gasteiger partial charge in [-0.15, -0.1) is 6.42 Å². The normalized spacial score (nSPS) is 8.80. The zero-order valence-electron chi connectivity index (χ0n) is 7.65. The molecule has 1 rings (SSSR count). The van der Waals surface area contributed by atoms with Crippen molar-refractivity contribution in [1.29, 1.82) is 0 Å². The van der Waals surface area contributed by atoms with Crippen LogP contribution in [-0.2, 0) is 19.5 Å². The summed E-state index contributed by atoms with van der Waals surface area (Å²) in [5, 5.41) is 0. The average Bonchev–Trinajstić information content (AvgIpc) is 1.76. The third kappa shape index (κ3) is 15.7. The fourth-order valence-electron chi connectivity index (χ4n) is 0.340. The first-order chi connectivity index (χ1) is 2.50. The molecule has 0 fully saturated rings. The second-order valence-corrected chi connectivity index (χ2v) is 1.00. The van der Waals surface area contributed by atoms with Gasteiger partial charge in [0.15, 0.2) is 0 Å². The molecule has 0 saturated carbocycles. The summed E-state index contributed by atoms with van der Waals surface area (Å²) in [6.45, 7) is 0. The molecule has 0 aromatic heterocycles. The van der Waals surface area contributed by atoms with Crippen molar-refractivity contribution in [2.75, 3.05) is 0 Å². The van der Waals surface area contributed by atoms with Crippen LogP contribution in [0.1, 0.15) is 6.42 Å². The zero-order chi connectivity index (χ0) is 3.54. The Balaban J connectivity index is -0.0000000167. The molecule has 0 atom stereocenters. The fraction of sp³-hybridized carbons (Fsp3) is 0.111. The Hall–Kier alpha value is 0.103. The van der Waals surface area contributed by atoms with E-state index < -0.39 is 0 Å². The Morgan fingerprint density at radius 1 is 1.00 bits per heavy atom. The van der Waals surface area contributed by atoms with Gasteiger partial charge in [-0.3, -0.25) is 6.08 Å². The van der Waals surface area contributed by atoms with Gasteiger partial charge in [-0.25, -0.2) is 12.2 Å². The Bertz CT molecular complexity index is 62.8. The van der Waals surface area contributed by atoms with E-state index in [1.165, 1.54) is 0 Å². The summed E-state index contributed by atoms with van der Waals surface area (Å²) in [4.78, 5) is 0. The molecule has 1 aliphatic carbocycles. The maximum absolute atomic E-state index is 2.99. The predicted molar refractivity (Wildman–Crippen MR) is 47.2 cm³/mol. The minimum Gasteiger partial charge on any atom is -0.358 e. The summed E-state index contributed by atoms with van der Waals surface area (Å²) >= 11 is 0. The molecule has 0 N–H and O–H groups in total. The van der Waals surface area contributed by atoms with Crippen LogP contribution in [0.4, 0.5) is 0 Å². The van der Waals surface area contributed by atoms with E-state index in [1.54, 1.807) is 0 Å². The van der Waals surface area contributed by atoms with Crippen molar-refractivity contribution in [3.05, 3.63) is 54.0 Å². The van der Waals surface area contributed by atoms with E-state index in [4.69, 9.17) is 0 Å². The van der Waals surface area contributed by atoms with Gasteiger partial charge in [-0.2, -0.15) is 6.08 Å². The summed E-state index contributed by atoms with van der Waals surface area (Å²) in [5.41, 5.74) is 0. The molecular weight excluding hydrogens is 173 g/mol. The number of hydrogen-bond donors (Lipinski definition) is 0. The fourth-order valence-corrected chi connectivity index (χ4v) is 0.340. The topological polar surface area (TPSA) is 0 Å². The summed E-state index contributed by atoms with van der Waals surface area (Å²) in [7, 11) is 0. The average molecular weight is 191 g/mol. The van der Waals surface area contributed by atoms with Gasteiger partial charge in [-0.1, -0.05) is 0 Å². The molecule has 0 unspecified atom stereocenters. The van der Waals surface area contributed by atoms with Gasteiger partial charge in [0.25, 0.3) is 0 Å². The van der Waals surface area contributed by atoms with Gasteiger partial charge in [0.05, 0.1) is 0 Å². The smallest absolute Gasteiger partial charge is 0 e. The van der Waals surface area contributed by atoms with Crippen LogP contribution >= 0.6 is 0 Å². The molecule has 0 radical (unpaired) electrons. The molecule has 0 heterocycles. The first-order valence-electron chi connectivity index (χ1n) is 1.72. The molecule has 0 saturated heterocycles. The van der Waals surface area contributed by atoms with Crippen LogP contribution in [-0.4, -0.2) is 0 Å². The first-order valence-corrected chi connectivity index (χ1v) is 1.72. The zero-order valence-corrected chi connectivity index (χ0v) is 10.6. The van der Waals surface area contributed by atoms with E-state index in [0.29, 0.717) is 0 Å². The molecule has 1 heteroatoms. The van der Waals surface area contributed by atoms with Gasteiger partial charge in [0, 0.05) is 19.5 Å². The van der Waals surface area contributed by atoms with E-state index in [0.717, 1.165) is 6.42 Å². The Morgan fingerprint density at radius 3 is 1.60 bits per heavy atom. The van der Waals surface area contributed by atoms with Gasteiger partial charge >= 0.3 is 0 Å². The van der Waals surface area contributed by atoms with Crippen molar-refractivity contribution in [2.24, 2.45) is 0 Å². The number of rotatable bonds is 0. The summed E-state index contributed by atoms with van der Waals surface area (Å²) < 4.78 is 0. The summed E-state index contributed by atoms with van der Waals surface area (Å²) in [6.07, 6.45) is 10.0. The van der Waals surface area contributed by atoms with Crippen LogP contribution in [0.15, 0.2) is 18.2 Å². The van der Waals surface area contributed by atoms with E-state index in [1.807, 2.05) is 12.2 Å². The minimum atomic E-state index is 0. The van der Waals surface area contributed by atoms with Crippen molar-refractivity contribution in [3.8, 4) is 0 Å². The molecule has 0 bridgehead atoms. The maximum atomic E-state index is 2.99. The Kier molecular flexibility index (Phi) is 73.8. The van der Waals surface area contributed by atoms with E-state index in [2.05, 4.69) is 12.2 Å². The Labute approximate surface area is 80.2 Å². The second kappa shape index (κ2) is 23.0. The second-order valence-electron chi connectivity index (χ2n) is 1.00. The molecule has 60 valence electrons. The molecule has 10 heavy (non-hydrogen) atoms. The molecule has 0 amide bonds. The van der Waals surface area contributed by atoms with Crippen LogP contribution < -0.4 is 0 Å². The molecular formula is C9H17Zn-5. The maximum Gasteiger partial charge on any atom is 0 e. The third-order valence-corrected chi connectivity index (χ3v) is 0.586. The molecule has 0 spiro atoms. The standard InChI is InChI=1S/C5H5.4CH3.Zn/c1-2-4-5-3-1;;;;;/h1-3H,4H2;4*1H3;/q5*-1;. The number of allylic oxidation sites excluding steroid dienone is 4. The van der Waals surface area contributed by atoms with E-state index in [-0.39, 0.29) is 49.2 Å². The summed E-state index contributed by atoms with van der Waals surface area (Å²) in [5.74, 6) is 0. The van der Waals surface area contributed by atoms with Crippen molar-refractivity contribution >= 4 is 0 Å². The van der Waals surface area contributed by atoms with Crippen molar-refractivity contribution in [2.45, 2.75) is 6.42 Å². The van der Waals surface area contributed by atoms with E-state index in [9.17, 15) is 0 Å². The van der Waals surface area contributed by atoms with Crippen LogP contribution in [0, 0.1) is 35.8 Å². The molecule has 0 nitrogen and oxygen atoms in total. The predicted octanol–water partition coefficient (Wildman–Crippen LogP) is 3.10. The third-order valence-electron chi connectivity index (χ3n) is 0.586. The SMILES string of the molecule is [C-]1=CC=CC1.[CH3-].[CH3-].[CH3-].[CH3-].[Zn]. The molecule has 0 aliphatic heterocycles. The first kappa shape index (κ1) is 32.1. The van der Waals surface area contributed by atoms with Crippen molar-refractivity contribution < 1.29 is 19.5 Å². The quantitative estimate of drug-likeness (QED) is 0.407. The van der Waals surface area contributed by atoms with Crippen molar-refractivity contribution in [3.63, 3.8) is 0 Å². The minimum absolute atomic E-state index is 0. The molecule has 0 aromatic rings. The van der Waals surface area contributed by atoms with Gasteiger partial charge in [0.1, 0.15) is 0 Å². The van der Waals surface area contributed by atoms with Crippen LogP contribution in [0.25, 0.3) is 0 Å². The van der Waals surface area contributed by atoms with Gasteiger partial charge < -0.3 is 29.7 Å². The van der Waals surface area contributed by atoms with E-state index >= 15 is 0 Å². The summed E-state index contributed by atoms with van der Waals surface area (Å²) in [6, 6.07) is 0. The molecule has 0 aromatic carbocycles. The molecule has 1 aliphatic rings. The van der Waals surface area contributed by atoms with Crippen LogP contribution in [0.3, 0.4) is 0 Å². The Morgan fingerprint density at radius 2 is 1.50 bits per heavy atom. The largest absolute Gasteiger partial charge is 0.358 e. The van der Waals surface area contributed by atoms with Gasteiger partial charge in [0.2, 0.25) is 0 Å². The van der Waals surface area contributed by atoms with Crippen LogP contribution in [0.2, 0.25) is 0 Å². The van der Waals surface area contributed by atoms with Gasteiger partial charge in [-0.05, 0) is 0 Å². The van der Waals surface area contributed by atoms with Crippen LogP contribution in [0.5, 0.6) is 0 Å². The number of hydrogen-bond acceptors (Lipinski definition) is 0. The van der Waals surface area contributed by atoms with Crippen molar-refractivity contribution in [1.82, 2.24) is 0 Å². The monoisotopic (exact) mass is 189 g/mol.